The fourth-order valence-corrected chi connectivity index (χ4v) is 3.01. The van der Waals surface area contributed by atoms with Crippen LogP contribution in [0.15, 0.2) is 6.20 Å². The average molecular weight is 299 g/mol. The number of aromatic nitrogens is 3. The molecule has 116 valence electrons. The third-order valence-electron chi connectivity index (χ3n) is 4.16. The maximum atomic E-state index is 13.6. The summed E-state index contributed by atoms with van der Waals surface area (Å²) in [6.07, 6.45) is 2.79. The number of carbonyl (C=O) groups excluding carboxylic acids is 1. The van der Waals surface area contributed by atoms with E-state index in [1.807, 2.05) is 4.90 Å². The maximum absolute atomic E-state index is 13.6. The Labute approximate surface area is 121 Å². The number of hydrogen-bond donors (Lipinski definition) is 1. The van der Waals surface area contributed by atoms with Crippen LogP contribution < -0.4 is 5.32 Å². The first-order valence-corrected chi connectivity index (χ1v) is 7.29. The fourth-order valence-electron chi connectivity index (χ4n) is 3.01. The van der Waals surface area contributed by atoms with Crippen LogP contribution in [0.3, 0.4) is 0 Å². The van der Waals surface area contributed by atoms with Gasteiger partial charge in [0, 0.05) is 38.2 Å². The van der Waals surface area contributed by atoms with Gasteiger partial charge in [-0.15, -0.1) is 5.10 Å². The van der Waals surface area contributed by atoms with E-state index in [4.69, 9.17) is 0 Å². The van der Waals surface area contributed by atoms with Gasteiger partial charge in [-0.1, -0.05) is 5.21 Å². The van der Waals surface area contributed by atoms with Crippen LogP contribution in [0.5, 0.6) is 0 Å². The third kappa shape index (κ3) is 3.37. The van der Waals surface area contributed by atoms with Crippen LogP contribution in [0.4, 0.5) is 8.78 Å². The highest BCUT2D eigenvalue weighted by Gasteiger charge is 2.43. The van der Waals surface area contributed by atoms with Gasteiger partial charge in [0.25, 0.3) is 5.92 Å². The summed E-state index contributed by atoms with van der Waals surface area (Å²) in [5, 5.41) is 10.7. The van der Waals surface area contributed by atoms with E-state index in [0.717, 1.165) is 6.54 Å². The molecule has 6 nitrogen and oxygen atoms in total. The van der Waals surface area contributed by atoms with Crippen molar-refractivity contribution in [2.75, 3.05) is 19.6 Å². The van der Waals surface area contributed by atoms with E-state index < -0.39 is 11.8 Å². The summed E-state index contributed by atoms with van der Waals surface area (Å²) in [5.74, 6) is -3.23. The van der Waals surface area contributed by atoms with Gasteiger partial charge in [-0.2, -0.15) is 0 Å². The summed E-state index contributed by atoms with van der Waals surface area (Å²) in [7, 11) is 0. The zero-order chi connectivity index (χ0) is 14.9. The van der Waals surface area contributed by atoms with Crippen LogP contribution in [-0.4, -0.2) is 51.4 Å². The van der Waals surface area contributed by atoms with Crippen molar-refractivity contribution >= 4 is 5.91 Å². The topological polar surface area (TPSA) is 63.1 Å². The highest BCUT2D eigenvalue weighted by atomic mass is 19.3. The first-order chi connectivity index (χ1) is 10.0. The Balaban J connectivity index is 1.57. The van der Waals surface area contributed by atoms with Crippen molar-refractivity contribution in [1.29, 1.82) is 0 Å². The Morgan fingerprint density at radius 1 is 1.48 bits per heavy atom. The van der Waals surface area contributed by atoms with E-state index in [-0.39, 0.29) is 18.9 Å². The fraction of sp³-hybridized carbons (Fsp3) is 0.769. The van der Waals surface area contributed by atoms with Crippen molar-refractivity contribution in [1.82, 2.24) is 25.2 Å². The van der Waals surface area contributed by atoms with Crippen molar-refractivity contribution in [3.8, 4) is 0 Å². The van der Waals surface area contributed by atoms with Crippen LogP contribution in [0, 0.1) is 5.92 Å². The van der Waals surface area contributed by atoms with Gasteiger partial charge in [0.05, 0.1) is 18.8 Å². The van der Waals surface area contributed by atoms with E-state index in [1.54, 1.807) is 6.20 Å². The number of amides is 1. The Bertz CT molecular complexity index is 518. The van der Waals surface area contributed by atoms with Crippen LogP contribution in [0.25, 0.3) is 0 Å². The molecule has 1 atom stereocenters. The maximum Gasteiger partial charge on any atom is 0.252 e. The molecular weight excluding hydrogens is 280 g/mol. The molecule has 21 heavy (non-hydrogen) atoms. The molecule has 1 aromatic rings. The second-order valence-electron chi connectivity index (χ2n) is 5.84. The van der Waals surface area contributed by atoms with Gasteiger partial charge in [0.2, 0.25) is 5.91 Å². The Morgan fingerprint density at radius 2 is 2.33 bits per heavy atom. The summed E-state index contributed by atoms with van der Waals surface area (Å²) < 4.78 is 28.7. The van der Waals surface area contributed by atoms with Gasteiger partial charge in [-0.3, -0.25) is 14.4 Å². The predicted octanol–water partition coefficient (Wildman–Crippen LogP) is 0.645. The molecule has 1 saturated heterocycles. The molecule has 1 aliphatic heterocycles. The van der Waals surface area contributed by atoms with E-state index >= 15 is 0 Å². The summed E-state index contributed by atoms with van der Waals surface area (Å²) in [6.45, 7) is 2.46. The number of nitrogens with one attached hydrogen (secondary N) is 1. The molecule has 8 heteroatoms. The van der Waals surface area contributed by atoms with Gasteiger partial charge < -0.3 is 5.32 Å². The van der Waals surface area contributed by atoms with E-state index in [9.17, 15) is 13.6 Å². The molecule has 0 aromatic carbocycles. The van der Waals surface area contributed by atoms with Crippen LogP contribution in [-0.2, 0) is 17.9 Å². The summed E-state index contributed by atoms with van der Waals surface area (Å²) in [4.78, 5) is 13.3. The first kappa shape index (κ1) is 14.4. The lowest BCUT2D eigenvalue weighted by molar-refractivity contribution is -0.124. The lowest BCUT2D eigenvalue weighted by atomic mass is 10.1. The Morgan fingerprint density at radius 3 is 3.05 bits per heavy atom. The van der Waals surface area contributed by atoms with E-state index in [1.165, 1.54) is 4.68 Å². The molecule has 3 rings (SSSR count). The second kappa shape index (κ2) is 5.67. The van der Waals surface area contributed by atoms with E-state index in [0.29, 0.717) is 38.2 Å². The van der Waals surface area contributed by atoms with Crippen molar-refractivity contribution in [3.63, 3.8) is 0 Å². The molecule has 1 aromatic heterocycles. The normalized spacial score (nSPS) is 26.0. The van der Waals surface area contributed by atoms with Crippen LogP contribution in [0.1, 0.15) is 25.0 Å². The summed E-state index contributed by atoms with van der Waals surface area (Å²) in [6, 6.07) is 0. The van der Waals surface area contributed by atoms with Crippen molar-refractivity contribution < 1.29 is 13.6 Å². The van der Waals surface area contributed by atoms with Gasteiger partial charge in [-0.05, 0) is 12.8 Å². The number of carbonyl (C=O) groups is 1. The Hall–Kier alpha value is -1.57. The number of piperazine rings is 1. The lowest BCUT2D eigenvalue weighted by Gasteiger charge is -2.25. The highest BCUT2D eigenvalue weighted by molar-refractivity contribution is 5.78. The molecule has 2 heterocycles. The summed E-state index contributed by atoms with van der Waals surface area (Å²) in [5.41, 5.74) is 0.714. The quantitative estimate of drug-likeness (QED) is 0.886. The Kier molecular flexibility index (Phi) is 3.88. The van der Waals surface area contributed by atoms with Gasteiger partial charge >= 0.3 is 0 Å². The molecule has 1 amide bonds. The van der Waals surface area contributed by atoms with Crippen molar-refractivity contribution in [2.45, 2.75) is 38.3 Å². The minimum atomic E-state index is -2.59. The zero-order valence-corrected chi connectivity index (χ0v) is 11.8. The molecule has 1 saturated carbocycles. The summed E-state index contributed by atoms with van der Waals surface area (Å²) >= 11 is 0. The predicted molar refractivity (Wildman–Crippen MR) is 70.6 cm³/mol. The molecule has 1 N–H and O–H groups in total. The SMILES string of the molecule is O=C1CN(Cc2cn(CC3CCCC3(F)F)nn2)CCN1. The molecular formula is C13H19F2N5O. The molecule has 2 aliphatic rings. The lowest BCUT2D eigenvalue weighted by Crippen LogP contribution is -2.47. The van der Waals surface area contributed by atoms with Crippen molar-refractivity contribution in [3.05, 3.63) is 11.9 Å². The second-order valence-corrected chi connectivity index (χ2v) is 5.84. The standard InChI is InChI=1S/C13H19F2N5O/c14-13(15)3-1-2-10(13)6-20-8-11(17-18-20)7-19-5-4-16-12(21)9-19/h8,10H,1-7,9H2,(H,16,21). The number of alkyl halides is 2. The number of nitrogens with zero attached hydrogens (tertiary/aromatic N) is 4. The van der Waals surface area contributed by atoms with Crippen molar-refractivity contribution in [2.24, 2.45) is 5.92 Å². The van der Waals surface area contributed by atoms with Crippen LogP contribution >= 0.6 is 0 Å². The highest BCUT2D eigenvalue weighted by Crippen LogP contribution is 2.40. The minimum absolute atomic E-state index is 0.000704. The van der Waals surface area contributed by atoms with Gasteiger partial charge in [0.15, 0.2) is 0 Å². The van der Waals surface area contributed by atoms with E-state index in [2.05, 4.69) is 15.6 Å². The molecule has 2 fully saturated rings. The third-order valence-corrected chi connectivity index (χ3v) is 4.16. The number of rotatable bonds is 4. The minimum Gasteiger partial charge on any atom is -0.354 e. The number of halogens is 2. The molecule has 1 aliphatic carbocycles. The molecule has 1 unspecified atom stereocenters. The molecule has 0 spiro atoms. The molecule has 0 radical (unpaired) electrons. The van der Waals surface area contributed by atoms with Crippen LogP contribution in [0.2, 0.25) is 0 Å². The first-order valence-electron chi connectivity index (χ1n) is 7.29. The molecule has 0 bridgehead atoms. The monoisotopic (exact) mass is 299 g/mol. The number of hydrogen-bond acceptors (Lipinski definition) is 4. The van der Waals surface area contributed by atoms with Gasteiger partial charge in [-0.25, -0.2) is 8.78 Å². The average Bonchev–Trinajstić information content (AvgIpc) is 2.97. The smallest absolute Gasteiger partial charge is 0.252 e. The zero-order valence-electron chi connectivity index (χ0n) is 11.8. The van der Waals surface area contributed by atoms with Gasteiger partial charge in [0.1, 0.15) is 0 Å². The largest absolute Gasteiger partial charge is 0.354 e.